The van der Waals surface area contributed by atoms with E-state index in [4.69, 9.17) is 0 Å². The molecule has 0 saturated carbocycles. The number of hydrogen-bond donors (Lipinski definition) is 1. The average molecular weight is 181 g/mol. The number of alkyl halides is 1. The van der Waals surface area contributed by atoms with Crippen LogP contribution >= 0.6 is 12.4 Å². The molecule has 0 radical (unpaired) electrons. The van der Waals surface area contributed by atoms with Gasteiger partial charge in [-0.1, -0.05) is 0 Å². The minimum Gasteiger partial charge on any atom is -0.314 e. The van der Waals surface area contributed by atoms with Crippen molar-refractivity contribution >= 4 is 12.4 Å². The molecule has 0 bridgehead atoms. The molecule has 0 aromatic heterocycles. The van der Waals surface area contributed by atoms with Crippen LogP contribution in [0.1, 0.15) is 6.42 Å². The van der Waals surface area contributed by atoms with Gasteiger partial charge in [-0.15, -0.1) is 12.4 Å². The molecular weight excluding hydrogens is 167 g/mol. The molecule has 2 nitrogen and oxygen atoms in total. The lowest BCUT2D eigenvalue weighted by atomic mass is 10.1. The number of halogens is 2. The summed E-state index contributed by atoms with van der Waals surface area (Å²) < 4.78 is 12.6. The molecule has 0 spiro atoms. The molecule has 1 atom stereocenters. The van der Waals surface area contributed by atoms with E-state index in [1.54, 1.807) is 0 Å². The highest BCUT2D eigenvalue weighted by molar-refractivity contribution is 5.85. The van der Waals surface area contributed by atoms with Gasteiger partial charge in [-0.3, -0.25) is 4.90 Å². The molecule has 0 aromatic carbocycles. The summed E-state index contributed by atoms with van der Waals surface area (Å²) in [7, 11) is 0. The molecule has 2 aliphatic rings. The number of rotatable bonds is 1. The Morgan fingerprint density at radius 3 is 2.45 bits per heavy atom. The van der Waals surface area contributed by atoms with Gasteiger partial charge in [0.2, 0.25) is 0 Å². The molecular formula is C7H14ClFN2. The zero-order valence-electron chi connectivity index (χ0n) is 6.42. The Bertz CT molecular complexity index is 130. The molecule has 11 heavy (non-hydrogen) atoms. The van der Waals surface area contributed by atoms with E-state index >= 15 is 0 Å². The van der Waals surface area contributed by atoms with Gasteiger partial charge in [0.05, 0.1) is 0 Å². The number of nitrogens with one attached hydrogen (secondary N) is 1. The summed E-state index contributed by atoms with van der Waals surface area (Å²) in [6.07, 6.45) is 0.192. The monoisotopic (exact) mass is 180 g/mol. The average Bonchev–Trinajstić information content (AvgIpc) is 2.10. The van der Waals surface area contributed by atoms with Gasteiger partial charge < -0.3 is 5.32 Å². The first-order valence-corrected chi connectivity index (χ1v) is 3.95. The Morgan fingerprint density at radius 2 is 2.09 bits per heavy atom. The topological polar surface area (TPSA) is 15.3 Å². The van der Waals surface area contributed by atoms with Gasteiger partial charge in [0.25, 0.3) is 0 Å². The molecule has 2 aliphatic heterocycles. The quantitative estimate of drug-likeness (QED) is 0.630. The van der Waals surface area contributed by atoms with E-state index in [9.17, 15) is 4.39 Å². The maximum Gasteiger partial charge on any atom is 0.114 e. The zero-order valence-corrected chi connectivity index (χ0v) is 7.24. The Hall–Kier alpha value is 0.140. The molecule has 0 aromatic rings. The van der Waals surface area contributed by atoms with E-state index in [1.165, 1.54) is 0 Å². The SMILES string of the molecule is Cl.FC1CCN(C2CNC2)C1. The molecule has 4 heteroatoms. The third kappa shape index (κ3) is 1.83. The maximum atomic E-state index is 12.6. The molecule has 2 heterocycles. The van der Waals surface area contributed by atoms with Gasteiger partial charge in [-0.05, 0) is 6.42 Å². The van der Waals surface area contributed by atoms with Crippen LogP contribution in [0.25, 0.3) is 0 Å². The molecule has 2 rings (SSSR count). The predicted molar refractivity (Wildman–Crippen MR) is 45.0 cm³/mol. The highest BCUT2D eigenvalue weighted by Gasteiger charge is 2.30. The van der Waals surface area contributed by atoms with Crippen molar-refractivity contribution in [3.05, 3.63) is 0 Å². The second kappa shape index (κ2) is 3.70. The van der Waals surface area contributed by atoms with E-state index in [1.807, 2.05) is 0 Å². The summed E-state index contributed by atoms with van der Waals surface area (Å²) in [5, 5.41) is 3.19. The molecule has 1 N–H and O–H groups in total. The van der Waals surface area contributed by atoms with Crippen molar-refractivity contribution in [2.24, 2.45) is 0 Å². The molecule has 1 unspecified atom stereocenters. The fourth-order valence-electron chi connectivity index (χ4n) is 1.61. The van der Waals surface area contributed by atoms with E-state index in [0.717, 1.165) is 26.1 Å². The van der Waals surface area contributed by atoms with Gasteiger partial charge in [0, 0.05) is 32.2 Å². The van der Waals surface area contributed by atoms with Gasteiger partial charge >= 0.3 is 0 Å². The first-order chi connectivity index (χ1) is 4.86. The lowest BCUT2D eigenvalue weighted by Crippen LogP contribution is -2.56. The summed E-state index contributed by atoms with van der Waals surface area (Å²) in [6.45, 7) is 3.76. The van der Waals surface area contributed by atoms with E-state index < -0.39 is 6.17 Å². The molecule has 2 saturated heterocycles. The molecule has 2 fully saturated rings. The summed E-state index contributed by atoms with van der Waals surface area (Å²) in [5.41, 5.74) is 0. The van der Waals surface area contributed by atoms with Crippen molar-refractivity contribution in [1.29, 1.82) is 0 Å². The van der Waals surface area contributed by atoms with Crippen LogP contribution in [0.4, 0.5) is 4.39 Å². The van der Waals surface area contributed by atoms with E-state index in [-0.39, 0.29) is 12.4 Å². The summed E-state index contributed by atoms with van der Waals surface area (Å²) >= 11 is 0. The Morgan fingerprint density at radius 1 is 1.36 bits per heavy atom. The maximum absolute atomic E-state index is 12.6. The van der Waals surface area contributed by atoms with Crippen LogP contribution in [0.3, 0.4) is 0 Å². The van der Waals surface area contributed by atoms with E-state index in [2.05, 4.69) is 10.2 Å². The van der Waals surface area contributed by atoms with Gasteiger partial charge in [0.1, 0.15) is 6.17 Å². The second-order valence-corrected chi connectivity index (χ2v) is 3.19. The smallest absolute Gasteiger partial charge is 0.114 e. The molecule has 0 aliphatic carbocycles. The summed E-state index contributed by atoms with van der Waals surface area (Å²) in [4.78, 5) is 2.25. The molecule has 66 valence electrons. The van der Waals surface area contributed by atoms with Crippen LogP contribution < -0.4 is 5.32 Å². The number of hydrogen-bond acceptors (Lipinski definition) is 2. The van der Waals surface area contributed by atoms with Crippen molar-refractivity contribution in [1.82, 2.24) is 10.2 Å². The van der Waals surface area contributed by atoms with Gasteiger partial charge in [-0.2, -0.15) is 0 Å². The normalized spacial score (nSPS) is 33.0. The van der Waals surface area contributed by atoms with Crippen LogP contribution in [0.5, 0.6) is 0 Å². The third-order valence-electron chi connectivity index (χ3n) is 2.44. The van der Waals surface area contributed by atoms with Crippen molar-refractivity contribution in [3.8, 4) is 0 Å². The number of nitrogens with zero attached hydrogens (tertiary/aromatic N) is 1. The van der Waals surface area contributed by atoms with Gasteiger partial charge in [-0.25, -0.2) is 4.39 Å². The van der Waals surface area contributed by atoms with Crippen LogP contribution in [0, 0.1) is 0 Å². The third-order valence-corrected chi connectivity index (χ3v) is 2.44. The van der Waals surface area contributed by atoms with Crippen molar-refractivity contribution in [2.75, 3.05) is 26.2 Å². The van der Waals surface area contributed by atoms with Crippen LogP contribution in [-0.4, -0.2) is 43.3 Å². The Balaban J connectivity index is 0.000000605. The standard InChI is InChI=1S/C7H13FN2.ClH/c8-6-1-2-10(5-6)7-3-9-4-7;/h6-7,9H,1-5H2;1H. The summed E-state index contributed by atoms with van der Waals surface area (Å²) in [6, 6.07) is 0.640. The van der Waals surface area contributed by atoms with Crippen molar-refractivity contribution in [3.63, 3.8) is 0 Å². The van der Waals surface area contributed by atoms with Gasteiger partial charge in [0.15, 0.2) is 0 Å². The minimum atomic E-state index is -0.555. The lowest BCUT2D eigenvalue weighted by molar-refractivity contribution is 0.167. The predicted octanol–water partition coefficient (Wildman–Crippen LogP) is 0.424. The highest BCUT2D eigenvalue weighted by Crippen LogP contribution is 2.16. The lowest BCUT2D eigenvalue weighted by Gasteiger charge is -2.35. The summed E-state index contributed by atoms with van der Waals surface area (Å²) in [5.74, 6) is 0. The second-order valence-electron chi connectivity index (χ2n) is 3.19. The first-order valence-electron chi connectivity index (χ1n) is 3.95. The van der Waals surface area contributed by atoms with Crippen LogP contribution in [-0.2, 0) is 0 Å². The first kappa shape index (κ1) is 9.23. The largest absolute Gasteiger partial charge is 0.314 e. The fraction of sp³-hybridized carbons (Fsp3) is 1.00. The fourth-order valence-corrected chi connectivity index (χ4v) is 1.61. The Labute approximate surface area is 72.5 Å². The zero-order chi connectivity index (χ0) is 6.97. The van der Waals surface area contributed by atoms with Crippen molar-refractivity contribution in [2.45, 2.75) is 18.6 Å². The molecule has 0 amide bonds. The Kier molecular flexibility index (Phi) is 3.10. The minimum absolute atomic E-state index is 0. The van der Waals surface area contributed by atoms with Crippen LogP contribution in [0.2, 0.25) is 0 Å². The number of likely N-dealkylation sites (tertiary alicyclic amines) is 1. The van der Waals surface area contributed by atoms with Crippen LogP contribution in [0.15, 0.2) is 0 Å². The highest BCUT2D eigenvalue weighted by atomic mass is 35.5. The van der Waals surface area contributed by atoms with Crippen molar-refractivity contribution < 1.29 is 4.39 Å². The van der Waals surface area contributed by atoms with E-state index in [0.29, 0.717) is 12.6 Å².